The molecule has 2 N–H and O–H groups in total. The number of nitrogens with zero attached hydrogens (tertiary/aromatic N) is 1. The van der Waals surface area contributed by atoms with E-state index in [-0.39, 0.29) is 6.04 Å². The topological polar surface area (TPSA) is 38.9 Å². The minimum absolute atomic E-state index is 0.0179. The number of benzene rings is 1. The van der Waals surface area contributed by atoms with Crippen molar-refractivity contribution in [3.63, 3.8) is 0 Å². The maximum Gasteiger partial charge on any atom is 0.0571 e. The number of halogens is 1. The summed E-state index contributed by atoms with van der Waals surface area (Å²) in [5, 5.41) is 0.761. The van der Waals surface area contributed by atoms with Gasteiger partial charge in [0, 0.05) is 22.0 Å². The van der Waals surface area contributed by atoms with Crippen molar-refractivity contribution in [2.75, 3.05) is 0 Å². The normalized spacial score (nSPS) is 12.4. The minimum atomic E-state index is 0.0179. The molecule has 0 saturated carbocycles. The Bertz CT molecular complexity index is 513. The van der Waals surface area contributed by atoms with Crippen LogP contribution >= 0.6 is 23.4 Å². The summed E-state index contributed by atoms with van der Waals surface area (Å²) in [5.41, 5.74) is 6.86. The first-order valence-electron chi connectivity index (χ1n) is 5.84. The standard InChI is InChI=1S/C14H15ClN2S/c1-2-12(16)13-8-7-10(9-17-13)18-14-6-4-3-5-11(14)15/h3-9,12H,2,16H2,1H3. The van der Waals surface area contributed by atoms with E-state index in [0.717, 1.165) is 26.9 Å². The second-order valence-corrected chi connectivity index (χ2v) is 5.49. The molecule has 0 bridgehead atoms. The summed E-state index contributed by atoms with van der Waals surface area (Å²) < 4.78 is 0. The van der Waals surface area contributed by atoms with Gasteiger partial charge in [-0.1, -0.05) is 42.4 Å². The van der Waals surface area contributed by atoms with Crippen LogP contribution in [0.1, 0.15) is 25.1 Å². The number of hydrogen-bond acceptors (Lipinski definition) is 3. The lowest BCUT2D eigenvalue weighted by molar-refractivity contribution is 0.674. The van der Waals surface area contributed by atoms with Crippen molar-refractivity contribution in [1.29, 1.82) is 0 Å². The zero-order chi connectivity index (χ0) is 13.0. The molecule has 18 heavy (non-hydrogen) atoms. The van der Waals surface area contributed by atoms with Gasteiger partial charge in [0.05, 0.1) is 10.7 Å². The molecule has 0 saturated heterocycles. The van der Waals surface area contributed by atoms with Gasteiger partial charge in [0.15, 0.2) is 0 Å². The smallest absolute Gasteiger partial charge is 0.0571 e. The van der Waals surface area contributed by atoms with E-state index in [1.807, 2.05) is 42.6 Å². The molecule has 2 rings (SSSR count). The average Bonchev–Trinajstić information content (AvgIpc) is 2.41. The highest BCUT2D eigenvalue weighted by Crippen LogP contribution is 2.32. The summed E-state index contributed by atoms with van der Waals surface area (Å²) in [5.74, 6) is 0. The van der Waals surface area contributed by atoms with Crippen molar-refractivity contribution in [2.24, 2.45) is 5.73 Å². The highest BCUT2D eigenvalue weighted by atomic mass is 35.5. The fourth-order valence-electron chi connectivity index (χ4n) is 1.54. The predicted molar refractivity (Wildman–Crippen MR) is 77.0 cm³/mol. The largest absolute Gasteiger partial charge is 0.323 e. The van der Waals surface area contributed by atoms with E-state index in [9.17, 15) is 0 Å². The van der Waals surface area contributed by atoms with Crippen molar-refractivity contribution >= 4 is 23.4 Å². The van der Waals surface area contributed by atoms with Crippen molar-refractivity contribution in [3.8, 4) is 0 Å². The van der Waals surface area contributed by atoms with Crippen molar-refractivity contribution in [3.05, 3.63) is 53.3 Å². The Labute approximate surface area is 117 Å². The number of rotatable bonds is 4. The Morgan fingerprint density at radius 2 is 2.06 bits per heavy atom. The first kappa shape index (κ1) is 13.4. The number of aromatic nitrogens is 1. The van der Waals surface area contributed by atoms with Crippen LogP contribution in [0.4, 0.5) is 0 Å². The summed E-state index contributed by atoms with van der Waals surface area (Å²) in [6.45, 7) is 2.05. The quantitative estimate of drug-likeness (QED) is 0.906. The second kappa shape index (κ2) is 6.23. The SMILES string of the molecule is CCC(N)c1ccc(Sc2ccccc2Cl)cn1. The third-order valence-corrected chi connectivity index (χ3v) is 4.14. The lowest BCUT2D eigenvalue weighted by Crippen LogP contribution is -2.10. The van der Waals surface area contributed by atoms with E-state index >= 15 is 0 Å². The first-order valence-corrected chi connectivity index (χ1v) is 7.04. The zero-order valence-electron chi connectivity index (χ0n) is 10.1. The fraction of sp³-hybridized carbons (Fsp3) is 0.214. The Morgan fingerprint density at radius 3 is 2.67 bits per heavy atom. The van der Waals surface area contributed by atoms with Gasteiger partial charge in [-0.15, -0.1) is 0 Å². The third kappa shape index (κ3) is 3.25. The minimum Gasteiger partial charge on any atom is -0.323 e. The van der Waals surface area contributed by atoms with Crippen LogP contribution in [0.5, 0.6) is 0 Å². The molecule has 94 valence electrons. The van der Waals surface area contributed by atoms with Crippen LogP contribution in [0.3, 0.4) is 0 Å². The van der Waals surface area contributed by atoms with Crippen LogP contribution in [0.2, 0.25) is 5.02 Å². The first-order chi connectivity index (χ1) is 8.70. The van der Waals surface area contributed by atoms with Gasteiger partial charge < -0.3 is 5.73 Å². The molecule has 2 nitrogen and oxygen atoms in total. The van der Waals surface area contributed by atoms with Gasteiger partial charge >= 0.3 is 0 Å². The van der Waals surface area contributed by atoms with Gasteiger partial charge in [-0.25, -0.2) is 0 Å². The summed E-state index contributed by atoms with van der Waals surface area (Å²) >= 11 is 7.72. The molecule has 0 fully saturated rings. The van der Waals surface area contributed by atoms with Gasteiger partial charge in [0.2, 0.25) is 0 Å². The number of nitrogens with two attached hydrogens (primary N) is 1. The van der Waals surface area contributed by atoms with E-state index in [2.05, 4.69) is 11.9 Å². The van der Waals surface area contributed by atoms with Gasteiger partial charge in [0.1, 0.15) is 0 Å². The van der Waals surface area contributed by atoms with Crippen LogP contribution in [-0.2, 0) is 0 Å². The Morgan fingerprint density at radius 1 is 1.28 bits per heavy atom. The van der Waals surface area contributed by atoms with Crippen LogP contribution in [0.15, 0.2) is 52.4 Å². The van der Waals surface area contributed by atoms with Crippen LogP contribution in [0, 0.1) is 0 Å². The van der Waals surface area contributed by atoms with E-state index in [1.165, 1.54) is 0 Å². The van der Waals surface area contributed by atoms with Gasteiger partial charge in [-0.2, -0.15) is 0 Å². The molecule has 1 unspecified atom stereocenters. The monoisotopic (exact) mass is 278 g/mol. The molecule has 2 aromatic rings. The lowest BCUT2D eigenvalue weighted by Gasteiger charge is -2.09. The van der Waals surface area contributed by atoms with E-state index in [4.69, 9.17) is 17.3 Å². The Kier molecular flexibility index (Phi) is 4.64. The summed E-state index contributed by atoms with van der Waals surface area (Å²) in [6.07, 6.45) is 2.74. The lowest BCUT2D eigenvalue weighted by atomic mass is 10.1. The molecule has 0 aliphatic rings. The molecule has 1 atom stereocenters. The van der Waals surface area contributed by atoms with Crippen molar-refractivity contribution < 1.29 is 0 Å². The Balaban J connectivity index is 2.14. The molecular formula is C14H15ClN2S. The number of pyridine rings is 1. The summed E-state index contributed by atoms with van der Waals surface area (Å²) in [7, 11) is 0. The molecule has 0 amide bonds. The second-order valence-electron chi connectivity index (χ2n) is 3.97. The molecule has 1 aromatic carbocycles. The van der Waals surface area contributed by atoms with Crippen LogP contribution < -0.4 is 5.73 Å². The molecule has 0 aliphatic heterocycles. The molecule has 1 heterocycles. The van der Waals surface area contributed by atoms with E-state index in [1.54, 1.807) is 11.8 Å². The van der Waals surface area contributed by atoms with Gasteiger partial charge in [-0.05, 0) is 30.7 Å². The summed E-state index contributed by atoms with van der Waals surface area (Å²) in [6, 6.07) is 11.8. The van der Waals surface area contributed by atoms with Gasteiger partial charge in [0.25, 0.3) is 0 Å². The van der Waals surface area contributed by atoms with Crippen LogP contribution in [-0.4, -0.2) is 4.98 Å². The highest BCUT2D eigenvalue weighted by molar-refractivity contribution is 7.99. The van der Waals surface area contributed by atoms with Crippen LogP contribution in [0.25, 0.3) is 0 Å². The number of hydrogen-bond donors (Lipinski definition) is 1. The maximum atomic E-state index is 6.12. The van der Waals surface area contributed by atoms with Crippen molar-refractivity contribution in [1.82, 2.24) is 4.98 Å². The molecular weight excluding hydrogens is 264 g/mol. The molecule has 4 heteroatoms. The zero-order valence-corrected chi connectivity index (χ0v) is 11.7. The van der Waals surface area contributed by atoms with E-state index < -0.39 is 0 Å². The maximum absolute atomic E-state index is 6.12. The molecule has 0 aliphatic carbocycles. The molecule has 0 radical (unpaired) electrons. The highest BCUT2D eigenvalue weighted by Gasteiger charge is 2.06. The third-order valence-electron chi connectivity index (χ3n) is 2.64. The Hall–Kier alpha value is -1.03. The van der Waals surface area contributed by atoms with Crippen molar-refractivity contribution in [2.45, 2.75) is 29.2 Å². The predicted octanol–water partition coefficient (Wildman–Crippen LogP) is 4.30. The van der Waals surface area contributed by atoms with E-state index in [0.29, 0.717) is 0 Å². The molecule has 0 spiro atoms. The average molecular weight is 279 g/mol. The molecule has 1 aromatic heterocycles. The van der Waals surface area contributed by atoms with Gasteiger partial charge in [-0.3, -0.25) is 4.98 Å². The summed E-state index contributed by atoms with van der Waals surface area (Å²) in [4.78, 5) is 6.49. The fourth-order valence-corrected chi connectivity index (χ4v) is 2.59.